The van der Waals surface area contributed by atoms with E-state index in [1.54, 1.807) is 13.2 Å². The third-order valence-electron chi connectivity index (χ3n) is 8.16. The van der Waals surface area contributed by atoms with E-state index < -0.39 is 0 Å². The van der Waals surface area contributed by atoms with Crippen LogP contribution in [-0.4, -0.2) is 23.5 Å². The SMILES string of the molecule is COc1cc2c(cc1OCc1ccccc1)C1Cc3c([nH]c4cccc(F)c34)C(c3ccc(F)cc3)N1CC2. The van der Waals surface area contributed by atoms with Gasteiger partial charge in [0.2, 0.25) is 0 Å². The number of aromatic nitrogens is 1. The van der Waals surface area contributed by atoms with E-state index in [-0.39, 0.29) is 23.7 Å². The smallest absolute Gasteiger partial charge is 0.162 e. The molecule has 0 aliphatic carbocycles. The fraction of sp³-hybridized carbons (Fsp3) is 0.212. The molecule has 196 valence electrons. The summed E-state index contributed by atoms with van der Waals surface area (Å²) in [5, 5.41) is 0.639. The highest BCUT2D eigenvalue weighted by molar-refractivity contribution is 5.86. The second-order valence-electron chi connectivity index (χ2n) is 10.3. The van der Waals surface area contributed by atoms with Gasteiger partial charge in [0, 0.05) is 29.2 Å². The number of rotatable bonds is 5. The summed E-state index contributed by atoms with van der Waals surface area (Å²) in [4.78, 5) is 5.98. The summed E-state index contributed by atoms with van der Waals surface area (Å²) in [5.41, 5.74) is 7.17. The minimum atomic E-state index is -0.273. The van der Waals surface area contributed by atoms with E-state index in [0.29, 0.717) is 29.9 Å². The Morgan fingerprint density at radius 3 is 2.54 bits per heavy atom. The van der Waals surface area contributed by atoms with Gasteiger partial charge in [-0.2, -0.15) is 0 Å². The van der Waals surface area contributed by atoms with E-state index in [2.05, 4.69) is 22.0 Å². The molecule has 2 unspecified atom stereocenters. The first-order valence-corrected chi connectivity index (χ1v) is 13.3. The maximum atomic E-state index is 15.2. The Morgan fingerprint density at radius 2 is 1.74 bits per heavy atom. The van der Waals surface area contributed by atoms with E-state index in [4.69, 9.17) is 9.47 Å². The second-order valence-corrected chi connectivity index (χ2v) is 10.3. The van der Waals surface area contributed by atoms with Crippen LogP contribution in [0.4, 0.5) is 8.78 Å². The van der Waals surface area contributed by atoms with Gasteiger partial charge >= 0.3 is 0 Å². The molecule has 2 aliphatic heterocycles. The molecule has 0 amide bonds. The van der Waals surface area contributed by atoms with Crippen molar-refractivity contribution in [2.24, 2.45) is 0 Å². The molecular formula is C33H28F2N2O2. The largest absolute Gasteiger partial charge is 0.493 e. The molecular weight excluding hydrogens is 494 g/mol. The molecule has 3 heterocycles. The van der Waals surface area contributed by atoms with E-state index in [1.165, 1.54) is 23.8 Å². The number of methoxy groups -OCH3 is 1. The standard InChI is InChI=1S/C33H28F2N2O2/c1-38-29-16-22-14-15-37-28(24(22)18-30(29)39-19-20-6-3-2-4-7-20)17-25-31-26(35)8-5-9-27(31)36-32(25)33(37)21-10-12-23(34)13-11-21/h2-13,16,18,28,33,36H,14-15,17,19H2,1H3. The molecule has 6 heteroatoms. The van der Waals surface area contributed by atoms with E-state index in [1.807, 2.05) is 48.5 Å². The quantitative estimate of drug-likeness (QED) is 0.264. The van der Waals surface area contributed by atoms with Gasteiger partial charge in [-0.15, -0.1) is 0 Å². The van der Waals surface area contributed by atoms with Crippen LogP contribution in [0.5, 0.6) is 11.5 Å². The van der Waals surface area contributed by atoms with E-state index in [9.17, 15) is 4.39 Å². The number of nitrogens with one attached hydrogen (secondary N) is 1. The maximum Gasteiger partial charge on any atom is 0.162 e. The summed E-state index contributed by atoms with van der Waals surface area (Å²) in [6, 6.07) is 25.9. The van der Waals surface area contributed by atoms with Crippen LogP contribution in [0.1, 0.15) is 45.6 Å². The molecule has 0 saturated carbocycles. The topological polar surface area (TPSA) is 37.5 Å². The molecule has 0 fully saturated rings. The fourth-order valence-electron chi connectivity index (χ4n) is 6.37. The van der Waals surface area contributed by atoms with Crippen molar-refractivity contribution in [2.45, 2.75) is 31.5 Å². The zero-order chi connectivity index (χ0) is 26.5. The fourth-order valence-corrected chi connectivity index (χ4v) is 6.37. The normalized spacial score (nSPS) is 18.3. The van der Waals surface area contributed by atoms with Crippen LogP contribution in [-0.2, 0) is 19.4 Å². The Bertz CT molecular complexity index is 1660. The van der Waals surface area contributed by atoms with Crippen molar-refractivity contribution in [2.75, 3.05) is 13.7 Å². The van der Waals surface area contributed by atoms with Crippen LogP contribution < -0.4 is 9.47 Å². The van der Waals surface area contributed by atoms with Crippen molar-refractivity contribution in [3.63, 3.8) is 0 Å². The monoisotopic (exact) mass is 522 g/mol. The second kappa shape index (κ2) is 9.54. The number of aromatic amines is 1. The van der Waals surface area contributed by atoms with Crippen molar-refractivity contribution in [1.82, 2.24) is 9.88 Å². The highest BCUT2D eigenvalue weighted by Gasteiger charge is 2.41. The minimum absolute atomic E-state index is 0.000101. The Balaban J connectivity index is 1.35. The Labute approximate surface area is 225 Å². The summed E-state index contributed by atoms with van der Waals surface area (Å²) in [5.74, 6) is 0.901. The lowest BCUT2D eigenvalue weighted by molar-refractivity contribution is 0.127. The highest BCUT2D eigenvalue weighted by Crippen LogP contribution is 2.50. The molecule has 0 spiro atoms. The van der Waals surface area contributed by atoms with Crippen molar-refractivity contribution in [3.05, 3.63) is 130 Å². The molecule has 0 radical (unpaired) electrons. The van der Waals surface area contributed by atoms with Crippen LogP contribution in [0.15, 0.2) is 84.9 Å². The number of fused-ring (bicyclic) bond motifs is 6. The van der Waals surface area contributed by atoms with Gasteiger partial charge in [-0.05, 0) is 77.1 Å². The van der Waals surface area contributed by atoms with Gasteiger partial charge in [0.05, 0.1) is 13.2 Å². The predicted octanol–water partition coefficient (Wildman–Crippen LogP) is 7.28. The molecule has 0 bridgehead atoms. The van der Waals surface area contributed by atoms with Gasteiger partial charge in [0.15, 0.2) is 11.5 Å². The lowest BCUT2D eigenvalue weighted by atomic mass is 9.80. The Hall–Kier alpha value is -4.16. The van der Waals surface area contributed by atoms with Gasteiger partial charge in [-0.3, -0.25) is 4.90 Å². The summed E-state index contributed by atoms with van der Waals surface area (Å²) in [6.07, 6.45) is 1.49. The van der Waals surface area contributed by atoms with Crippen molar-refractivity contribution in [1.29, 1.82) is 0 Å². The van der Waals surface area contributed by atoms with Crippen molar-refractivity contribution >= 4 is 10.9 Å². The first-order valence-electron chi connectivity index (χ1n) is 13.3. The molecule has 0 saturated heterocycles. The van der Waals surface area contributed by atoms with Crippen LogP contribution in [0.25, 0.3) is 10.9 Å². The molecule has 1 N–H and O–H groups in total. The molecule has 39 heavy (non-hydrogen) atoms. The molecule has 7 rings (SSSR count). The number of ether oxygens (including phenoxy) is 2. The minimum Gasteiger partial charge on any atom is -0.493 e. The van der Waals surface area contributed by atoms with Gasteiger partial charge < -0.3 is 14.5 Å². The molecule has 1 aromatic heterocycles. The molecule has 4 nitrogen and oxygen atoms in total. The number of H-pyrrole nitrogens is 1. The van der Waals surface area contributed by atoms with Crippen LogP contribution in [0.2, 0.25) is 0 Å². The first kappa shape index (κ1) is 23.9. The molecule has 2 atom stereocenters. The van der Waals surface area contributed by atoms with E-state index in [0.717, 1.165) is 46.4 Å². The zero-order valence-corrected chi connectivity index (χ0v) is 21.6. The maximum absolute atomic E-state index is 15.2. The third kappa shape index (κ3) is 4.07. The Kier molecular flexibility index (Phi) is 5.85. The number of hydrogen-bond donors (Lipinski definition) is 1. The Morgan fingerprint density at radius 1 is 0.923 bits per heavy atom. The van der Waals surface area contributed by atoms with Gasteiger partial charge in [-0.25, -0.2) is 8.78 Å². The average Bonchev–Trinajstić information content (AvgIpc) is 3.35. The lowest BCUT2D eigenvalue weighted by Gasteiger charge is -2.46. The van der Waals surface area contributed by atoms with Crippen LogP contribution in [0.3, 0.4) is 0 Å². The summed E-state index contributed by atoms with van der Waals surface area (Å²) < 4.78 is 41.1. The first-order chi connectivity index (χ1) is 19.1. The zero-order valence-electron chi connectivity index (χ0n) is 21.6. The molecule has 5 aromatic rings. The number of nitrogens with zero attached hydrogens (tertiary/aromatic N) is 1. The molecule has 4 aromatic carbocycles. The molecule has 2 aliphatic rings. The number of hydrogen-bond acceptors (Lipinski definition) is 3. The van der Waals surface area contributed by atoms with Gasteiger partial charge in [-0.1, -0.05) is 48.5 Å². The lowest BCUT2D eigenvalue weighted by Crippen LogP contribution is -2.43. The van der Waals surface area contributed by atoms with Crippen LogP contribution >= 0.6 is 0 Å². The highest BCUT2D eigenvalue weighted by atomic mass is 19.1. The average molecular weight is 523 g/mol. The summed E-state index contributed by atoms with van der Waals surface area (Å²) in [6.45, 7) is 1.24. The van der Waals surface area contributed by atoms with Gasteiger partial charge in [0.1, 0.15) is 18.2 Å². The summed E-state index contributed by atoms with van der Waals surface area (Å²) >= 11 is 0. The summed E-state index contributed by atoms with van der Waals surface area (Å²) in [7, 11) is 1.67. The van der Waals surface area contributed by atoms with Crippen molar-refractivity contribution < 1.29 is 18.3 Å². The van der Waals surface area contributed by atoms with Crippen molar-refractivity contribution in [3.8, 4) is 11.5 Å². The third-order valence-corrected chi connectivity index (χ3v) is 8.16. The number of halogens is 2. The number of benzene rings is 4. The predicted molar refractivity (Wildman–Crippen MR) is 147 cm³/mol. The van der Waals surface area contributed by atoms with E-state index >= 15 is 4.39 Å². The van der Waals surface area contributed by atoms with Gasteiger partial charge in [0.25, 0.3) is 0 Å². The van der Waals surface area contributed by atoms with Crippen LogP contribution in [0, 0.1) is 11.6 Å².